The summed E-state index contributed by atoms with van der Waals surface area (Å²) in [7, 11) is 0. The number of thiazole rings is 1. The smallest absolute Gasteiger partial charge is 0.243 e. The highest BCUT2D eigenvalue weighted by atomic mass is 32.1. The van der Waals surface area contributed by atoms with E-state index in [4.69, 9.17) is 0 Å². The van der Waals surface area contributed by atoms with Gasteiger partial charge in [-0.15, -0.1) is 11.3 Å². The molecule has 98 valence electrons. The predicted molar refractivity (Wildman–Crippen MR) is 72.9 cm³/mol. The normalized spacial score (nSPS) is 28.1. The molecule has 3 rings (SSSR count). The maximum absolute atomic E-state index is 12.2. The second-order valence-electron chi connectivity index (χ2n) is 5.39. The average molecular weight is 265 g/mol. The number of carbonyl (C=O) groups is 1. The molecule has 4 nitrogen and oxygen atoms in total. The summed E-state index contributed by atoms with van der Waals surface area (Å²) in [6, 6.07) is -0.0629. The van der Waals surface area contributed by atoms with Crippen LogP contribution in [0.5, 0.6) is 0 Å². The van der Waals surface area contributed by atoms with E-state index in [0.29, 0.717) is 11.8 Å². The number of anilines is 1. The molecule has 1 saturated heterocycles. The topological polar surface area (TPSA) is 54.0 Å². The van der Waals surface area contributed by atoms with Gasteiger partial charge < -0.3 is 10.6 Å². The van der Waals surface area contributed by atoms with Crippen LogP contribution in [0.15, 0.2) is 5.38 Å². The second kappa shape index (κ2) is 4.97. The van der Waals surface area contributed by atoms with Crippen LogP contribution in [0.1, 0.15) is 44.2 Å². The van der Waals surface area contributed by atoms with Gasteiger partial charge in [-0.1, -0.05) is 6.92 Å². The molecule has 2 aliphatic rings. The highest BCUT2D eigenvalue weighted by Gasteiger charge is 2.29. The van der Waals surface area contributed by atoms with Gasteiger partial charge in [0.1, 0.15) is 0 Å². The van der Waals surface area contributed by atoms with E-state index in [1.54, 1.807) is 11.3 Å². The Balaban J connectivity index is 1.61. The Labute approximate surface area is 111 Å². The molecule has 2 heterocycles. The summed E-state index contributed by atoms with van der Waals surface area (Å²) in [6.07, 6.45) is 4.78. The molecule has 2 fully saturated rings. The maximum atomic E-state index is 12.2. The Bertz CT molecular complexity index is 441. The minimum atomic E-state index is -0.0629. The van der Waals surface area contributed by atoms with Crippen molar-refractivity contribution in [3.63, 3.8) is 0 Å². The molecule has 5 heteroatoms. The lowest BCUT2D eigenvalue weighted by Gasteiger charge is -2.28. The number of hydrogen-bond donors (Lipinski definition) is 2. The van der Waals surface area contributed by atoms with Crippen molar-refractivity contribution < 1.29 is 4.79 Å². The van der Waals surface area contributed by atoms with Crippen LogP contribution in [0.3, 0.4) is 0 Å². The Hall–Kier alpha value is -0.940. The quantitative estimate of drug-likeness (QED) is 0.882. The van der Waals surface area contributed by atoms with Crippen molar-refractivity contribution in [2.75, 3.05) is 11.9 Å². The predicted octanol–water partition coefficient (Wildman–Crippen LogP) is 2.35. The fourth-order valence-electron chi connectivity index (χ4n) is 2.49. The molecule has 2 N–H and O–H groups in total. The summed E-state index contributed by atoms with van der Waals surface area (Å²) in [4.78, 5) is 16.7. The lowest BCUT2D eigenvalue weighted by atomic mass is 9.92. The van der Waals surface area contributed by atoms with Crippen molar-refractivity contribution in [3.05, 3.63) is 11.1 Å². The standard InChI is InChI=1S/C13H19N3OS/c1-8-3-2-6-14-11(8)12(17)16-13-15-10(7-18-13)9-4-5-9/h7-9,11,14H,2-6H2,1H3,(H,15,16,17). The number of hydrogen-bond acceptors (Lipinski definition) is 4. The minimum Gasteiger partial charge on any atom is -0.306 e. The van der Waals surface area contributed by atoms with Crippen LogP contribution in [0.2, 0.25) is 0 Å². The van der Waals surface area contributed by atoms with E-state index in [-0.39, 0.29) is 11.9 Å². The molecule has 0 radical (unpaired) electrons. The summed E-state index contributed by atoms with van der Waals surface area (Å²) < 4.78 is 0. The minimum absolute atomic E-state index is 0.0629. The monoisotopic (exact) mass is 265 g/mol. The number of piperidine rings is 1. The fraction of sp³-hybridized carbons (Fsp3) is 0.692. The van der Waals surface area contributed by atoms with Gasteiger partial charge >= 0.3 is 0 Å². The summed E-state index contributed by atoms with van der Waals surface area (Å²) in [5, 5.41) is 9.07. The van der Waals surface area contributed by atoms with Gasteiger partial charge in [0.25, 0.3) is 0 Å². The molecule has 2 unspecified atom stereocenters. The number of carbonyl (C=O) groups excluding carboxylic acids is 1. The van der Waals surface area contributed by atoms with E-state index in [1.165, 1.54) is 12.8 Å². The van der Waals surface area contributed by atoms with Crippen LogP contribution in [0, 0.1) is 5.92 Å². The average Bonchev–Trinajstić information content (AvgIpc) is 3.11. The van der Waals surface area contributed by atoms with E-state index >= 15 is 0 Å². The van der Waals surface area contributed by atoms with Crippen LogP contribution >= 0.6 is 11.3 Å². The third-order valence-electron chi connectivity index (χ3n) is 3.80. The van der Waals surface area contributed by atoms with Gasteiger partial charge in [-0.05, 0) is 38.1 Å². The Kier molecular flexibility index (Phi) is 3.35. The van der Waals surface area contributed by atoms with Crippen molar-refractivity contribution in [1.82, 2.24) is 10.3 Å². The first-order chi connectivity index (χ1) is 8.74. The van der Waals surface area contributed by atoms with Crippen molar-refractivity contribution in [2.24, 2.45) is 5.92 Å². The zero-order valence-electron chi connectivity index (χ0n) is 10.6. The van der Waals surface area contributed by atoms with Gasteiger partial charge in [-0.25, -0.2) is 4.98 Å². The third-order valence-corrected chi connectivity index (χ3v) is 4.58. The van der Waals surface area contributed by atoms with Crippen molar-refractivity contribution in [3.8, 4) is 0 Å². The fourth-order valence-corrected chi connectivity index (χ4v) is 3.29. The molecular formula is C13H19N3OS. The molecule has 1 aromatic heterocycles. The molecular weight excluding hydrogens is 246 g/mol. The van der Waals surface area contributed by atoms with Crippen LogP contribution in [-0.2, 0) is 4.79 Å². The first-order valence-corrected chi connectivity index (χ1v) is 7.61. The van der Waals surface area contributed by atoms with E-state index in [9.17, 15) is 4.79 Å². The Morgan fingerprint density at radius 1 is 1.50 bits per heavy atom. The number of nitrogens with one attached hydrogen (secondary N) is 2. The molecule has 0 spiro atoms. The zero-order valence-corrected chi connectivity index (χ0v) is 11.4. The van der Waals surface area contributed by atoms with E-state index in [1.807, 2.05) is 0 Å². The largest absolute Gasteiger partial charge is 0.306 e. The second-order valence-corrected chi connectivity index (χ2v) is 6.25. The molecule has 1 aromatic rings. The highest BCUT2D eigenvalue weighted by molar-refractivity contribution is 7.13. The molecule has 2 atom stereocenters. The summed E-state index contributed by atoms with van der Waals surface area (Å²) in [5.74, 6) is 1.12. The van der Waals surface area contributed by atoms with E-state index in [2.05, 4.69) is 27.9 Å². The molecule has 1 amide bonds. The third kappa shape index (κ3) is 2.57. The van der Waals surface area contributed by atoms with Gasteiger partial charge in [-0.3, -0.25) is 4.79 Å². The van der Waals surface area contributed by atoms with E-state index < -0.39 is 0 Å². The van der Waals surface area contributed by atoms with Crippen LogP contribution in [0.25, 0.3) is 0 Å². The first kappa shape index (κ1) is 12.1. The lowest BCUT2D eigenvalue weighted by molar-refractivity contribution is -0.119. The highest BCUT2D eigenvalue weighted by Crippen LogP contribution is 2.40. The number of aromatic nitrogens is 1. The van der Waals surface area contributed by atoms with Crippen molar-refractivity contribution in [1.29, 1.82) is 0 Å². The van der Waals surface area contributed by atoms with Crippen LogP contribution in [0.4, 0.5) is 5.13 Å². The molecule has 1 aliphatic carbocycles. The van der Waals surface area contributed by atoms with Gasteiger partial charge in [0, 0.05) is 11.3 Å². The molecule has 0 aromatic carbocycles. The SMILES string of the molecule is CC1CCCNC1C(=O)Nc1nc(C2CC2)cs1. The van der Waals surface area contributed by atoms with Crippen molar-refractivity contribution in [2.45, 2.75) is 44.6 Å². The Morgan fingerprint density at radius 2 is 2.33 bits per heavy atom. The van der Waals surface area contributed by atoms with Crippen LogP contribution in [-0.4, -0.2) is 23.5 Å². The van der Waals surface area contributed by atoms with Gasteiger partial charge in [-0.2, -0.15) is 0 Å². The molecule has 0 bridgehead atoms. The summed E-state index contributed by atoms with van der Waals surface area (Å²) in [6.45, 7) is 3.07. The number of amides is 1. The van der Waals surface area contributed by atoms with E-state index in [0.717, 1.165) is 30.2 Å². The van der Waals surface area contributed by atoms with Gasteiger partial charge in [0.05, 0.1) is 11.7 Å². The van der Waals surface area contributed by atoms with Gasteiger partial charge in [0.2, 0.25) is 5.91 Å². The lowest BCUT2D eigenvalue weighted by Crippen LogP contribution is -2.48. The molecule has 1 saturated carbocycles. The van der Waals surface area contributed by atoms with Gasteiger partial charge in [0.15, 0.2) is 5.13 Å². The molecule has 18 heavy (non-hydrogen) atoms. The zero-order chi connectivity index (χ0) is 12.5. The number of nitrogens with zero attached hydrogens (tertiary/aromatic N) is 1. The molecule has 1 aliphatic heterocycles. The van der Waals surface area contributed by atoms with Crippen molar-refractivity contribution >= 4 is 22.4 Å². The summed E-state index contributed by atoms with van der Waals surface area (Å²) >= 11 is 1.54. The maximum Gasteiger partial charge on any atom is 0.243 e. The Morgan fingerprint density at radius 3 is 3.06 bits per heavy atom. The number of rotatable bonds is 3. The van der Waals surface area contributed by atoms with Crippen LogP contribution < -0.4 is 10.6 Å². The first-order valence-electron chi connectivity index (χ1n) is 6.73. The summed E-state index contributed by atoms with van der Waals surface area (Å²) in [5.41, 5.74) is 1.15.